The largest absolute Gasteiger partial charge is 0.490 e. The lowest BCUT2D eigenvalue weighted by Gasteiger charge is -2.13. The second-order valence-electron chi connectivity index (χ2n) is 7.67. The molecule has 0 bridgehead atoms. The van der Waals surface area contributed by atoms with Gasteiger partial charge in [-0.3, -0.25) is 4.79 Å². The van der Waals surface area contributed by atoms with Crippen LogP contribution in [0.1, 0.15) is 19.4 Å². The van der Waals surface area contributed by atoms with Gasteiger partial charge in [0, 0.05) is 23.7 Å². The van der Waals surface area contributed by atoms with E-state index in [2.05, 4.69) is 10.7 Å². The summed E-state index contributed by atoms with van der Waals surface area (Å²) in [5, 5.41) is 5.97. The molecule has 0 spiro atoms. The molecule has 0 radical (unpaired) electrons. The van der Waals surface area contributed by atoms with Crippen LogP contribution < -0.4 is 14.8 Å². The Kier molecular flexibility index (Phi) is 7.99. The zero-order valence-corrected chi connectivity index (χ0v) is 20.3. The van der Waals surface area contributed by atoms with E-state index in [1.165, 1.54) is 0 Å². The van der Waals surface area contributed by atoms with Gasteiger partial charge in [-0.2, -0.15) is 0 Å². The highest BCUT2D eigenvalue weighted by Crippen LogP contribution is 2.30. The first-order chi connectivity index (χ1) is 16.7. The maximum atomic E-state index is 12.6. The van der Waals surface area contributed by atoms with Crippen LogP contribution >= 0.6 is 11.3 Å². The number of benzene rings is 2. The zero-order valence-electron chi connectivity index (χ0n) is 19.5. The van der Waals surface area contributed by atoms with Gasteiger partial charge < -0.3 is 19.4 Å². The van der Waals surface area contributed by atoms with Gasteiger partial charge in [0.1, 0.15) is 11.6 Å². The van der Waals surface area contributed by atoms with Crippen LogP contribution in [0.3, 0.4) is 0 Å². The van der Waals surface area contributed by atoms with Crippen molar-refractivity contribution >= 4 is 17.2 Å². The number of amides is 1. The fraction of sp³-hybridized carbons (Fsp3) is 0.259. The van der Waals surface area contributed by atoms with Gasteiger partial charge in [-0.05, 0) is 50.1 Å². The molecule has 7 heteroatoms. The Morgan fingerprint density at radius 2 is 1.79 bits per heavy atom. The van der Waals surface area contributed by atoms with Gasteiger partial charge in [0.15, 0.2) is 11.5 Å². The minimum absolute atomic E-state index is 0.0340. The summed E-state index contributed by atoms with van der Waals surface area (Å²) in [7, 11) is 0. The van der Waals surface area contributed by atoms with Crippen LogP contribution in [0, 0.1) is 0 Å². The number of carbonyl (C=O) groups is 1. The maximum absolute atomic E-state index is 12.6. The van der Waals surface area contributed by atoms with E-state index in [-0.39, 0.29) is 12.5 Å². The minimum Gasteiger partial charge on any atom is -0.490 e. The fourth-order valence-electron chi connectivity index (χ4n) is 3.69. The van der Waals surface area contributed by atoms with Crippen molar-refractivity contribution in [1.82, 2.24) is 14.9 Å². The number of hydrogen-bond donors (Lipinski definition) is 1. The lowest BCUT2D eigenvalue weighted by atomic mass is 10.1. The van der Waals surface area contributed by atoms with Crippen molar-refractivity contribution in [3.05, 3.63) is 77.8 Å². The predicted octanol–water partition coefficient (Wildman–Crippen LogP) is 5.43. The van der Waals surface area contributed by atoms with Crippen LogP contribution in [0.4, 0.5) is 0 Å². The Labute approximate surface area is 204 Å². The number of nitrogens with one attached hydrogen (secondary N) is 1. The molecule has 1 amide bonds. The summed E-state index contributed by atoms with van der Waals surface area (Å²) in [6.45, 7) is 5.86. The number of hydrogen-bond acceptors (Lipinski definition) is 5. The summed E-state index contributed by atoms with van der Waals surface area (Å²) in [5.41, 5.74) is 4.06. The second kappa shape index (κ2) is 11.5. The van der Waals surface area contributed by atoms with E-state index in [1.807, 2.05) is 85.3 Å². The molecule has 0 saturated heterocycles. The molecular weight excluding hydrogens is 446 g/mol. The van der Waals surface area contributed by atoms with Crippen molar-refractivity contribution in [2.24, 2.45) is 0 Å². The third kappa shape index (κ3) is 5.85. The van der Waals surface area contributed by atoms with Crippen molar-refractivity contribution in [3.63, 3.8) is 0 Å². The molecule has 4 aromatic rings. The molecule has 0 aliphatic rings. The van der Waals surface area contributed by atoms with E-state index in [0.717, 1.165) is 39.0 Å². The molecule has 0 unspecified atom stereocenters. The van der Waals surface area contributed by atoms with Crippen LogP contribution in [0.15, 0.2) is 72.2 Å². The monoisotopic (exact) mass is 475 g/mol. The maximum Gasteiger partial charge on any atom is 0.239 e. The smallest absolute Gasteiger partial charge is 0.239 e. The summed E-state index contributed by atoms with van der Waals surface area (Å²) < 4.78 is 13.2. The number of nitrogens with zero attached hydrogens (tertiary/aromatic N) is 2. The van der Waals surface area contributed by atoms with E-state index in [9.17, 15) is 4.79 Å². The zero-order chi connectivity index (χ0) is 23.8. The number of rotatable bonds is 11. The van der Waals surface area contributed by atoms with E-state index >= 15 is 0 Å². The van der Waals surface area contributed by atoms with E-state index < -0.39 is 0 Å². The topological polar surface area (TPSA) is 65.4 Å². The molecule has 0 atom stereocenters. The van der Waals surface area contributed by atoms with Crippen LogP contribution in [-0.4, -0.2) is 35.2 Å². The SMILES string of the molecule is CCOc1ccc(CCNC(=O)Cn2cccc2-c2nc(-c3ccccc3)cs2)cc1OCC. The van der Waals surface area contributed by atoms with Crippen LogP contribution in [0.2, 0.25) is 0 Å². The standard InChI is InChI=1S/C27H29N3O3S/c1-3-32-24-13-12-20(17-25(24)33-4-2)14-15-28-26(31)18-30-16-8-11-23(30)27-29-22(19-34-27)21-9-6-5-7-10-21/h5-13,16-17,19H,3-4,14-15,18H2,1-2H3,(H,28,31). The van der Waals surface area contributed by atoms with Crippen LogP contribution in [-0.2, 0) is 17.8 Å². The van der Waals surface area contributed by atoms with Crippen molar-refractivity contribution in [3.8, 4) is 33.5 Å². The number of ether oxygens (including phenoxy) is 2. The van der Waals surface area contributed by atoms with Crippen molar-refractivity contribution < 1.29 is 14.3 Å². The molecule has 6 nitrogen and oxygen atoms in total. The molecule has 2 heterocycles. The fourth-order valence-corrected chi connectivity index (χ4v) is 4.56. The van der Waals surface area contributed by atoms with Crippen LogP contribution in [0.5, 0.6) is 11.5 Å². The molecule has 4 rings (SSSR count). The molecule has 0 aliphatic heterocycles. The Morgan fingerprint density at radius 3 is 2.59 bits per heavy atom. The summed E-state index contributed by atoms with van der Waals surface area (Å²) in [6.07, 6.45) is 2.63. The number of thiazole rings is 1. The van der Waals surface area contributed by atoms with E-state index in [4.69, 9.17) is 14.5 Å². The first-order valence-electron chi connectivity index (χ1n) is 11.5. The predicted molar refractivity (Wildman–Crippen MR) is 136 cm³/mol. The average Bonchev–Trinajstić information content (AvgIpc) is 3.51. The molecule has 176 valence electrons. The molecule has 34 heavy (non-hydrogen) atoms. The minimum atomic E-state index is -0.0340. The highest BCUT2D eigenvalue weighted by Gasteiger charge is 2.13. The Bertz CT molecular complexity index is 1220. The summed E-state index contributed by atoms with van der Waals surface area (Å²) in [4.78, 5) is 17.4. The van der Waals surface area contributed by atoms with Crippen molar-refractivity contribution in [2.45, 2.75) is 26.8 Å². The molecule has 1 N–H and O–H groups in total. The van der Waals surface area contributed by atoms with Gasteiger partial charge >= 0.3 is 0 Å². The number of carbonyl (C=O) groups excluding carboxylic acids is 1. The summed E-state index contributed by atoms with van der Waals surface area (Å²) >= 11 is 1.58. The molecule has 0 fully saturated rings. The Balaban J connectivity index is 1.34. The quantitative estimate of drug-likeness (QED) is 0.314. The lowest BCUT2D eigenvalue weighted by Crippen LogP contribution is -2.29. The Morgan fingerprint density at radius 1 is 1.00 bits per heavy atom. The lowest BCUT2D eigenvalue weighted by molar-refractivity contribution is -0.121. The third-order valence-corrected chi connectivity index (χ3v) is 6.14. The van der Waals surface area contributed by atoms with Crippen molar-refractivity contribution in [2.75, 3.05) is 19.8 Å². The average molecular weight is 476 g/mol. The van der Waals surface area contributed by atoms with Gasteiger partial charge in [-0.1, -0.05) is 36.4 Å². The first-order valence-corrected chi connectivity index (χ1v) is 12.4. The molecule has 2 aromatic carbocycles. The second-order valence-corrected chi connectivity index (χ2v) is 8.53. The van der Waals surface area contributed by atoms with Gasteiger partial charge in [-0.25, -0.2) is 4.98 Å². The van der Waals surface area contributed by atoms with Gasteiger partial charge in [0.25, 0.3) is 0 Å². The van der Waals surface area contributed by atoms with Gasteiger partial charge in [-0.15, -0.1) is 11.3 Å². The van der Waals surface area contributed by atoms with E-state index in [0.29, 0.717) is 26.2 Å². The first kappa shape index (κ1) is 23.6. The van der Waals surface area contributed by atoms with E-state index in [1.54, 1.807) is 11.3 Å². The van der Waals surface area contributed by atoms with Gasteiger partial charge in [0.05, 0.1) is 24.6 Å². The third-order valence-electron chi connectivity index (χ3n) is 5.28. The van der Waals surface area contributed by atoms with Crippen molar-refractivity contribution in [1.29, 1.82) is 0 Å². The summed E-state index contributed by atoms with van der Waals surface area (Å²) in [5.74, 6) is 1.45. The Hall–Kier alpha value is -3.58. The van der Waals surface area contributed by atoms with Crippen LogP contribution in [0.25, 0.3) is 22.0 Å². The van der Waals surface area contributed by atoms with Gasteiger partial charge in [0.2, 0.25) is 5.91 Å². The molecule has 0 saturated carbocycles. The normalized spacial score (nSPS) is 10.8. The molecule has 0 aliphatic carbocycles. The molecular formula is C27H29N3O3S. The molecule has 2 aromatic heterocycles. The highest BCUT2D eigenvalue weighted by atomic mass is 32.1. The summed E-state index contributed by atoms with van der Waals surface area (Å²) in [6, 6.07) is 20.0. The number of aromatic nitrogens is 2. The highest BCUT2D eigenvalue weighted by molar-refractivity contribution is 7.13.